The third kappa shape index (κ3) is 3.92. The summed E-state index contributed by atoms with van der Waals surface area (Å²) in [5, 5.41) is 0.856. The van der Waals surface area contributed by atoms with Crippen molar-refractivity contribution >= 4 is 11.8 Å². The molecule has 0 aromatic heterocycles. The Bertz CT molecular complexity index is 1360. The number of hydrogen-bond donors (Lipinski definition) is 0. The highest BCUT2D eigenvalue weighted by atomic mass is 32.2. The highest BCUT2D eigenvalue weighted by Gasteiger charge is 2.60. The molecule has 41 heavy (non-hydrogen) atoms. The van der Waals surface area contributed by atoms with Gasteiger partial charge in [0.05, 0.1) is 0 Å². The lowest BCUT2D eigenvalue weighted by atomic mass is 9.40. The zero-order chi connectivity index (χ0) is 27.8. The minimum Gasteiger partial charge on any atom is -0.122 e. The first-order valence-electron chi connectivity index (χ1n) is 17.2. The molecule has 1 aliphatic heterocycles. The quantitative estimate of drug-likeness (QED) is 0.308. The number of fused-ring (bicyclic) bond motifs is 9. The van der Waals surface area contributed by atoms with Crippen LogP contribution in [0, 0.1) is 45.8 Å². The van der Waals surface area contributed by atoms with Gasteiger partial charge in [-0.25, -0.2) is 0 Å². The first-order valence-corrected chi connectivity index (χ1v) is 18.1. The smallest absolute Gasteiger partial charge is 0.0164 e. The highest BCUT2D eigenvalue weighted by Crippen LogP contribution is 2.67. The fourth-order valence-electron chi connectivity index (χ4n) is 11.3. The molecule has 216 valence electrons. The standard InChI is InChI=1S/C40H50S/c1-4-40-24-10-9-20-36(40)39(3)26-28(21-22-33(39)32-15-5-7-18-34(32)40)38(2)23-12-13-27(25-38)29-16-11-17-31-30-14-6-8-19-35(30)41-37(29)31/h5,9-10,15,17,20-22,24-26,30,32-36H,4,6-8,11-14,16,18-19,23H2,1-3H3. The number of thioether (sulfide) groups is 1. The van der Waals surface area contributed by atoms with Gasteiger partial charge in [-0.3, -0.25) is 0 Å². The van der Waals surface area contributed by atoms with Gasteiger partial charge in [-0.15, -0.1) is 11.8 Å². The Morgan fingerprint density at radius 1 is 0.927 bits per heavy atom. The highest BCUT2D eigenvalue weighted by molar-refractivity contribution is 8.04. The monoisotopic (exact) mass is 562 g/mol. The van der Waals surface area contributed by atoms with E-state index in [4.69, 9.17) is 0 Å². The lowest BCUT2D eigenvalue weighted by molar-refractivity contribution is -0.0546. The van der Waals surface area contributed by atoms with Gasteiger partial charge in [-0.2, -0.15) is 0 Å². The van der Waals surface area contributed by atoms with Crippen LogP contribution >= 0.6 is 11.8 Å². The maximum Gasteiger partial charge on any atom is 0.0164 e. The average molecular weight is 563 g/mol. The van der Waals surface area contributed by atoms with Crippen LogP contribution in [0.3, 0.4) is 0 Å². The molecule has 0 nitrogen and oxygen atoms in total. The van der Waals surface area contributed by atoms with Crippen LogP contribution in [0.25, 0.3) is 0 Å². The summed E-state index contributed by atoms with van der Waals surface area (Å²) >= 11 is 2.28. The molecular weight excluding hydrogens is 513 g/mol. The molecule has 8 rings (SSSR count). The zero-order valence-corrected chi connectivity index (χ0v) is 26.5. The van der Waals surface area contributed by atoms with Crippen molar-refractivity contribution < 1.29 is 0 Å². The molecular formula is C40H50S. The van der Waals surface area contributed by atoms with Gasteiger partial charge in [0.25, 0.3) is 0 Å². The third-order valence-electron chi connectivity index (χ3n) is 13.3. The SMILES string of the molecule is CCC12C=CC=CC1C1(C)C=C(C3(C)C=C(C4=C5SC6CCCCC6C5=CCC4)CCC3)C=CC1C1C=CCCC12. The summed E-state index contributed by atoms with van der Waals surface area (Å²) in [7, 11) is 0. The fraction of sp³-hybridized carbons (Fsp3) is 0.600. The zero-order valence-electron chi connectivity index (χ0n) is 25.7. The molecule has 8 aliphatic rings. The molecule has 9 unspecified atom stereocenters. The van der Waals surface area contributed by atoms with E-state index in [0.717, 1.165) is 17.1 Å². The predicted octanol–water partition coefficient (Wildman–Crippen LogP) is 11.2. The molecule has 3 fully saturated rings. The first kappa shape index (κ1) is 26.9. The van der Waals surface area contributed by atoms with Gasteiger partial charge in [0, 0.05) is 15.6 Å². The summed E-state index contributed by atoms with van der Waals surface area (Å²) in [6.45, 7) is 7.68. The summed E-state index contributed by atoms with van der Waals surface area (Å²) in [5.74, 6) is 3.43. The van der Waals surface area contributed by atoms with Crippen LogP contribution in [0.15, 0.2) is 94.0 Å². The summed E-state index contributed by atoms with van der Waals surface area (Å²) in [6.07, 6.45) is 44.6. The molecule has 0 amide bonds. The molecule has 0 radical (unpaired) electrons. The summed E-state index contributed by atoms with van der Waals surface area (Å²) in [5.41, 5.74) is 7.37. The van der Waals surface area contributed by atoms with Crippen LogP contribution in [0.5, 0.6) is 0 Å². The van der Waals surface area contributed by atoms with E-state index in [-0.39, 0.29) is 16.2 Å². The Morgan fingerprint density at radius 3 is 2.73 bits per heavy atom. The van der Waals surface area contributed by atoms with Crippen molar-refractivity contribution in [2.24, 2.45) is 45.8 Å². The molecule has 0 spiro atoms. The summed E-state index contributed by atoms with van der Waals surface area (Å²) in [6, 6.07) is 0. The Hall–Kier alpha value is -1.73. The van der Waals surface area contributed by atoms with Crippen LogP contribution in [0.2, 0.25) is 0 Å². The van der Waals surface area contributed by atoms with Crippen molar-refractivity contribution in [3.05, 3.63) is 94.0 Å². The summed E-state index contributed by atoms with van der Waals surface area (Å²) in [4.78, 5) is 1.72. The maximum atomic E-state index is 2.82. The van der Waals surface area contributed by atoms with Crippen molar-refractivity contribution in [2.45, 2.75) is 103 Å². The molecule has 2 saturated carbocycles. The van der Waals surface area contributed by atoms with Crippen molar-refractivity contribution in [3.63, 3.8) is 0 Å². The third-order valence-corrected chi connectivity index (χ3v) is 14.9. The van der Waals surface area contributed by atoms with E-state index in [0.29, 0.717) is 17.8 Å². The number of rotatable bonds is 3. The second-order valence-corrected chi connectivity index (χ2v) is 16.5. The fourth-order valence-corrected chi connectivity index (χ4v) is 13.1. The lowest BCUT2D eigenvalue weighted by Gasteiger charge is -2.63. The molecule has 7 aliphatic carbocycles. The minimum atomic E-state index is 0.130. The van der Waals surface area contributed by atoms with E-state index >= 15 is 0 Å². The predicted molar refractivity (Wildman–Crippen MR) is 176 cm³/mol. The van der Waals surface area contributed by atoms with E-state index in [9.17, 15) is 0 Å². The second kappa shape index (κ2) is 9.90. The van der Waals surface area contributed by atoms with Gasteiger partial charge >= 0.3 is 0 Å². The molecule has 9 atom stereocenters. The molecule has 1 heterocycles. The van der Waals surface area contributed by atoms with Crippen LogP contribution in [-0.2, 0) is 0 Å². The molecule has 1 heteroatoms. The largest absolute Gasteiger partial charge is 0.122 e. The van der Waals surface area contributed by atoms with Gasteiger partial charge in [0.2, 0.25) is 0 Å². The minimum absolute atomic E-state index is 0.130. The molecule has 0 bridgehead atoms. The van der Waals surface area contributed by atoms with Crippen molar-refractivity contribution in [1.29, 1.82) is 0 Å². The van der Waals surface area contributed by atoms with Gasteiger partial charge in [-0.1, -0.05) is 100 Å². The Kier molecular flexibility index (Phi) is 6.49. The van der Waals surface area contributed by atoms with Gasteiger partial charge in [0.15, 0.2) is 0 Å². The first-order chi connectivity index (χ1) is 20.0. The Balaban J connectivity index is 1.19. The molecule has 0 aromatic rings. The Morgan fingerprint density at radius 2 is 1.83 bits per heavy atom. The van der Waals surface area contributed by atoms with Gasteiger partial charge < -0.3 is 0 Å². The van der Waals surface area contributed by atoms with Crippen LogP contribution in [0.4, 0.5) is 0 Å². The van der Waals surface area contributed by atoms with Crippen molar-refractivity contribution in [2.75, 3.05) is 0 Å². The van der Waals surface area contributed by atoms with E-state index in [1.807, 2.05) is 0 Å². The molecule has 0 N–H and O–H groups in total. The second-order valence-electron chi connectivity index (χ2n) is 15.2. The number of hydrogen-bond acceptors (Lipinski definition) is 1. The van der Waals surface area contributed by atoms with Crippen molar-refractivity contribution in [1.82, 2.24) is 0 Å². The summed E-state index contributed by atoms with van der Waals surface area (Å²) < 4.78 is 0. The normalized spacial score (nSPS) is 46.1. The van der Waals surface area contributed by atoms with Crippen LogP contribution in [0.1, 0.15) is 97.8 Å². The van der Waals surface area contributed by atoms with Crippen molar-refractivity contribution in [3.8, 4) is 0 Å². The van der Waals surface area contributed by atoms with E-state index in [2.05, 4.69) is 99.4 Å². The van der Waals surface area contributed by atoms with E-state index < -0.39 is 0 Å². The molecule has 1 saturated heterocycles. The van der Waals surface area contributed by atoms with Crippen LogP contribution < -0.4 is 0 Å². The van der Waals surface area contributed by atoms with Crippen LogP contribution in [-0.4, -0.2) is 5.25 Å². The van der Waals surface area contributed by atoms with E-state index in [1.54, 1.807) is 27.2 Å². The van der Waals surface area contributed by atoms with Gasteiger partial charge in [-0.05, 0) is 127 Å². The van der Waals surface area contributed by atoms with Gasteiger partial charge in [0.1, 0.15) is 0 Å². The average Bonchev–Trinajstić information content (AvgIpc) is 3.40. The molecule has 0 aromatic carbocycles. The maximum absolute atomic E-state index is 2.82. The lowest BCUT2D eigenvalue weighted by Crippen LogP contribution is -2.57. The topological polar surface area (TPSA) is 0 Å². The van der Waals surface area contributed by atoms with E-state index in [1.165, 1.54) is 77.0 Å². The Labute approximate surface area is 254 Å². The number of allylic oxidation sites excluding steroid dienone is 15.